The zero-order valence-corrected chi connectivity index (χ0v) is 8.59. The molecule has 2 N–H and O–H groups in total. The molecule has 1 aliphatic carbocycles. The molecular formula is C11H21NO. The zero-order chi connectivity index (χ0) is 9.68. The first-order valence-electron chi connectivity index (χ1n) is 5.46. The van der Waals surface area contributed by atoms with Crippen molar-refractivity contribution >= 4 is 5.78 Å². The highest BCUT2D eigenvalue weighted by atomic mass is 16.1. The summed E-state index contributed by atoms with van der Waals surface area (Å²) in [5.41, 5.74) is 5.45. The Kier molecular flexibility index (Phi) is 4.43. The van der Waals surface area contributed by atoms with Gasteiger partial charge in [0.25, 0.3) is 0 Å². The Hall–Kier alpha value is -0.370. The first-order valence-corrected chi connectivity index (χ1v) is 5.46. The molecule has 0 aliphatic heterocycles. The number of hydrogen-bond donors (Lipinski definition) is 1. The molecule has 0 amide bonds. The quantitative estimate of drug-likeness (QED) is 0.685. The zero-order valence-electron chi connectivity index (χ0n) is 8.59. The second-order valence-corrected chi connectivity index (χ2v) is 4.32. The molecule has 1 rings (SSSR count). The molecule has 0 bridgehead atoms. The van der Waals surface area contributed by atoms with Crippen LogP contribution in [0, 0.1) is 11.8 Å². The summed E-state index contributed by atoms with van der Waals surface area (Å²) in [5.74, 6) is 1.54. The molecule has 1 unspecified atom stereocenters. The maximum atomic E-state index is 11.5. The van der Waals surface area contributed by atoms with Gasteiger partial charge in [-0.25, -0.2) is 0 Å². The molecule has 0 aromatic rings. The van der Waals surface area contributed by atoms with E-state index < -0.39 is 0 Å². The van der Waals surface area contributed by atoms with Crippen molar-refractivity contribution in [2.24, 2.45) is 17.6 Å². The SMILES string of the molecule is CC(CCN)CCC(=O)C1CCC1. The van der Waals surface area contributed by atoms with E-state index in [0.29, 0.717) is 17.6 Å². The lowest BCUT2D eigenvalue weighted by Gasteiger charge is -2.24. The molecule has 0 radical (unpaired) electrons. The Bertz CT molecular complexity index is 163. The Morgan fingerprint density at radius 3 is 2.62 bits per heavy atom. The highest BCUT2D eigenvalue weighted by molar-refractivity contribution is 5.81. The van der Waals surface area contributed by atoms with E-state index in [0.717, 1.165) is 38.6 Å². The molecule has 1 atom stereocenters. The molecule has 13 heavy (non-hydrogen) atoms. The van der Waals surface area contributed by atoms with E-state index in [4.69, 9.17) is 5.73 Å². The minimum atomic E-state index is 0.421. The van der Waals surface area contributed by atoms with Gasteiger partial charge in [-0.3, -0.25) is 4.79 Å². The molecule has 0 spiro atoms. The predicted molar refractivity (Wildman–Crippen MR) is 54.4 cm³/mol. The number of rotatable bonds is 6. The number of hydrogen-bond acceptors (Lipinski definition) is 2. The number of Topliss-reactive ketones (excluding diaryl/α,β-unsaturated/α-hetero) is 1. The van der Waals surface area contributed by atoms with Gasteiger partial charge in [-0.1, -0.05) is 13.3 Å². The Labute approximate surface area is 80.9 Å². The van der Waals surface area contributed by atoms with Crippen LogP contribution in [-0.2, 0) is 4.79 Å². The van der Waals surface area contributed by atoms with Gasteiger partial charge in [0.15, 0.2) is 0 Å². The van der Waals surface area contributed by atoms with Crippen LogP contribution in [-0.4, -0.2) is 12.3 Å². The van der Waals surface area contributed by atoms with Crippen molar-refractivity contribution in [2.75, 3.05) is 6.54 Å². The van der Waals surface area contributed by atoms with Crippen molar-refractivity contribution in [1.29, 1.82) is 0 Å². The summed E-state index contributed by atoms with van der Waals surface area (Å²) >= 11 is 0. The third-order valence-corrected chi connectivity index (χ3v) is 3.10. The summed E-state index contributed by atoms with van der Waals surface area (Å²) in [6.45, 7) is 2.93. The second-order valence-electron chi connectivity index (χ2n) is 4.32. The van der Waals surface area contributed by atoms with Gasteiger partial charge in [-0.05, 0) is 38.1 Å². The van der Waals surface area contributed by atoms with Gasteiger partial charge in [0.2, 0.25) is 0 Å². The topological polar surface area (TPSA) is 43.1 Å². The number of carbonyl (C=O) groups is 1. The fourth-order valence-electron chi connectivity index (χ4n) is 1.75. The second kappa shape index (κ2) is 5.38. The van der Waals surface area contributed by atoms with Crippen LogP contribution in [0.1, 0.15) is 45.4 Å². The minimum Gasteiger partial charge on any atom is -0.330 e. The average molecular weight is 183 g/mol. The van der Waals surface area contributed by atoms with E-state index in [1.54, 1.807) is 0 Å². The summed E-state index contributed by atoms with van der Waals surface area (Å²) in [6, 6.07) is 0. The molecule has 0 heterocycles. The minimum absolute atomic E-state index is 0.421. The van der Waals surface area contributed by atoms with Crippen molar-refractivity contribution in [3.05, 3.63) is 0 Å². The fraction of sp³-hybridized carbons (Fsp3) is 0.909. The predicted octanol–water partition coefficient (Wildman–Crippen LogP) is 2.12. The third kappa shape index (κ3) is 3.47. The van der Waals surface area contributed by atoms with Gasteiger partial charge in [-0.2, -0.15) is 0 Å². The average Bonchev–Trinajstić information content (AvgIpc) is 1.98. The lowest BCUT2D eigenvalue weighted by molar-refractivity contribution is -0.125. The fourth-order valence-corrected chi connectivity index (χ4v) is 1.75. The Balaban J connectivity index is 2.06. The van der Waals surface area contributed by atoms with Crippen LogP contribution in [0.25, 0.3) is 0 Å². The van der Waals surface area contributed by atoms with Crippen molar-refractivity contribution < 1.29 is 4.79 Å². The van der Waals surface area contributed by atoms with Crippen LogP contribution in [0.15, 0.2) is 0 Å². The van der Waals surface area contributed by atoms with Crippen LogP contribution in [0.2, 0.25) is 0 Å². The normalized spacial score (nSPS) is 19.5. The highest BCUT2D eigenvalue weighted by Crippen LogP contribution is 2.29. The Morgan fingerprint density at radius 2 is 2.15 bits per heavy atom. The van der Waals surface area contributed by atoms with Crippen LogP contribution >= 0.6 is 0 Å². The van der Waals surface area contributed by atoms with E-state index in [2.05, 4.69) is 6.92 Å². The third-order valence-electron chi connectivity index (χ3n) is 3.10. The molecular weight excluding hydrogens is 162 g/mol. The number of nitrogens with two attached hydrogens (primary N) is 1. The molecule has 2 heteroatoms. The van der Waals surface area contributed by atoms with Crippen molar-refractivity contribution in [2.45, 2.75) is 45.4 Å². The van der Waals surface area contributed by atoms with E-state index in [1.165, 1.54) is 6.42 Å². The van der Waals surface area contributed by atoms with E-state index in [1.807, 2.05) is 0 Å². The van der Waals surface area contributed by atoms with Gasteiger partial charge >= 0.3 is 0 Å². The molecule has 0 aromatic heterocycles. The summed E-state index contributed by atoms with van der Waals surface area (Å²) < 4.78 is 0. The van der Waals surface area contributed by atoms with E-state index in [9.17, 15) is 4.79 Å². The monoisotopic (exact) mass is 183 g/mol. The molecule has 1 aliphatic rings. The summed E-state index contributed by atoms with van der Waals surface area (Å²) in [6.07, 6.45) is 6.42. The van der Waals surface area contributed by atoms with Gasteiger partial charge in [-0.15, -0.1) is 0 Å². The lowest BCUT2D eigenvalue weighted by atomic mass is 9.80. The van der Waals surface area contributed by atoms with Crippen molar-refractivity contribution in [3.63, 3.8) is 0 Å². The first-order chi connectivity index (χ1) is 6.24. The summed E-state index contributed by atoms with van der Waals surface area (Å²) in [4.78, 5) is 11.5. The van der Waals surface area contributed by atoms with Crippen LogP contribution in [0.4, 0.5) is 0 Å². The number of carbonyl (C=O) groups excluding carboxylic acids is 1. The van der Waals surface area contributed by atoms with Gasteiger partial charge in [0.1, 0.15) is 5.78 Å². The summed E-state index contributed by atoms with van der Waals surface area (Å²) in [5, 5.41) is 0. The smallest absolute Gasteiger partial charge is 0.135 e. The van der Waals surface area contributed by atoms with Gasteiger partial charge in [0.05, 0.1) is 0 Å². The molecule has 0 saturated heterocycles. The molecule has 2 nitrogen and oxygen atoms in total. The maximum Gasteiger partial charge on any atom is 0.135 e. The highest BCUT2D eigenvalue weighted by Gasteiger charge is 2.24. The van der Waals surface area contributed by atoms with Crippen LogP contribution < -0.4 is 5.73 Å². The lowest BCUT2D eigenvalue weighted by Crippen LogP contribution is -2.22. The molecule has 0 aromatic carbocycles. The largest absolute Gasteiger partial charge is 0.330 e. The molecule has 1 fully saturated rings. The summed E-state index contributed by atoms with van der Waals surface area (Å²) in [7, 11) is 0. The maximum absolute atomic E-state index is 11.5. The standard InChI is InChI=1S/C11H21NO/c1-9(7-8-12)5-6-11(13)10-3-2-4-10/h9-10H,2-8,12H2,1H3. The first kappa shape index (κ1) is 10.7. The molecule has 76 valence electrons. The van der Waals surface area contributed by atoms with Crippen LogP contribution in [0.3, 0.4) is 0 Å². The van der Waals surface area contributed by atoms with Crippen molar-refractivity contribution in [1.82, 2.24) is 0 Å². The van der Waals surface area contributed by atoms with Gasteiger partial charge in [0, 0.05) is 12.3 Å². The Morgan fingerprint density at radius 1 is 1.46 bits per heavy atom. The van der Waals surface area contributed by atoms with E-state index in [-0.39, 0.29) is 0 Å². The van der Waals surface area contributed by atoms with Gasteiger partial charge < -0.3 is 5.73 Å². The van der Waals surface area contributed by atoms with Crippen LogP contribution in [0.5, 0.6) is 0 Å². The van der Waals surface area contributed by atoms with E-state index >= 15 is 0 Å². The van der Waals surface area contributed by atoms with Crippen molar-refractivity contribution in [3.8, 4) is 0 Å². The molecule has 1 saturated carbocycles. The number of ketones is 1.